The zero-order valence-corrected chi connectivity index (χ0v) is 12.3. The van der Waals surface area contributed by atoms with Crippen LogP contribution >= 0.6 is 34.9 Å². The van der Waals surface area contributed by atoms with E-state index in [1.165, 1.54) is 29.2 Å². The van der Waals surface area contributed by atoms with Crippen LogP contribution < -0.4 is 5.73 Å². The third kappa shape index (κ3) is 3.03. The maximum atomic E-state index is 13.7. The number of hydrogen-bond donors (Lipinski definition) is 1. The van der Waals surface area contributed by atoms with Gasteiger partial charge in [0.15, 0.2) is 8.68 Å². The fourth-order valence-corrected chi connectivity index (χ4v) is 4.11. The smallest absolute Gasteiger partial charge is 0.179 e. The van der Waals surface area contributed by atoms with Crippen molar-refractivity contribution < 1.29 is 4.39 Å². The fraction of sp³-hybridized carbons (Fsp3) is 0.273. The predicted octanol–water partition coefficient (Wildman–Crippen LogP) is 3.57. The molecule has 1 aromatic heterocycles. The van der Waals surface area contributed by atoms with Crippen molar-refractivity contribution in [3.05, 3.63) is 29.6 Å². The molecule has 0 unspecified atom stereocenters. The standard InChI is InChI=1S/C11H12FN3S3/c1-6(13)9-7(12)4-3-5-8(9)17-11-15-14-10(16-2)18-11/h3-6H,13H2,1-2H3/t6-/m0/s1. The number of thioether (sulfide) groups is 1. The van der Waals surface area contributed by atoms with Gasteiger partial charge >= 0.3 is 0 Å². The maximum absolute atomic E-state index is 13.7. The van der Waals surface area contributed by atoms with Crippen molar-refractivity contribution in [3.63, 3.8) is 0 Å². The van der Waals surface area contributed by atoms with Gasteiger partial charge in [0.25, 0.3) is 0 Å². The van der Waals surface area contributed by atoms with Crippen molar-refractivity contribution in [1.82, 2.24) is 10.2 Å². The molecule has 0 saturated carbocycles. The van der Waals surface area contributed by atoms with Crippen molar-refractivity contribution in [3.8, 4) is 0 Å². The average molecular weight is 301 g/mol. The Morgan fingerprint density at radius 3 is 2.67 bits per heavy atom. The zero-order valence-electron chi connectivity index (χ0n) is 9.88. The van der Waals surface area contributed by atoms with E-state index in [1.807, 2.05) is 12.3 Å². The summed E-state index contributed by atoms with van der Waals surface area (Å²) in [7, 11) is 0. The Morgan fingerprint density at radius 2 is 2.06 bits per heavy atom. The minimum atomic E-state index is -0.346. The molecule has 1 aromatic carbocycles. The monoisotopic (exact) mass is 301 g/mol. The molecule has 0 aliphatic carbocycles. The van der Waals surface area contributed by atoms with E-state index in [0.717, 1.165) is 13.6 Å². The molecule has 0 saturated heterocycles. The first-order valence-corrected chi connectivity index (χ1v) is 8.07. The van der Waals surface area contributed by atoms with E-state index in [2.05, 4.69) is 10.2 Å². The topological polar surface area (TPSA) is 51.8 Å². The Balaban J connectivity index is 2.31. The van der Waals surface area contributed by atoms with Gasteiger partial charge in [-0.25, -0.2) is 4.39 Å². The van der Waals surface area contributed by atoms with Gasteiger partial charge in [0, 0.05) is 16.5 Å². The summed E-state index contributed by atoms with van der Waals surface area (Å²) < 4.78 is 15.4. The second-order valence-corrected chi connectivity index (χ2v) is 6.90. The van der Waals surface area contributed by atoms with Gasteiger partial charge in [0.2, 0.25) is 0 Å². The first-order chi connectivity index (χ1) is 8.61. The zero-order chi connectivity index (χ0) is 13.1. The molecule has 7 heteroatoms. The SMILES string of the molecule is CSc1nnc(Sc2cccc(F)c2[C@H](C)N)s1. The van der Waals surface area contributed by atoms with Gasteiger partial charge < -0.3 is 5.73 Å². The lowest BCUT2D eigenvalue weighted by molar-refractivity contribution is 0.585. The summed E-state index contributed by atoms with van der Waals surface area (Å²) in [6.45, 7) is 1.77. The highest BCUT2D eigenvalue weighted by molar-refractivity contribution is 8.03. The number of halogens is 1. The van der Waals surface area contributed by atoms with E-state index in [4.69, 9.17) is 5.73 Å². The van der Waals surface area contributed by atoms with Gasteiger partial charge in [0.1, 0.15) is 5.82 Å². The van der Waals surface area contributed by atoms with Gasteiger partial charge in [-0.2, -0.15) is 0 Å². The van der Waals surface area contributed by atoms with Crippen LogP contribution in [0.5, 0.6) is 0 Å². The highest BCUT2D eigenvalue weighted by atomic mass is 32.2. The summed E-state index contributed by atoms with van der Waals surface area (Å²) >= 11 is 4.45. The van der Waals surface area contributed by atoms with E-state index >= 15 is 0 Å². The molecule has 0 fully saturated rings. The summed E-state index contributed by atoms with van der Waals surface area (Å²) in [6.07, 6.45) is 1.95. The quantitative estimate of drug-likeness (QED) is 0.875. The van der Waals surface area contributed by atoms with E-state index in [-0.39, 0.29) is 11.9 Å². The van der Waals surface area contributed by atoms with Crippen LogP contribution in [0.15, 0.2) is 31.8 Å². The van der Waals surface area contributed by atoms with E-state index < -0.39 is 0 Å². The minimum absolute atomic E-state index is 0.274. The molecule has 2 N–H and O–H groups in total. The molecule has 0 bridgehead atoms. The maximum Gasteiger partial charge on any atom is 0.179 e. The fourth-order valence-electron chi connectivity index (χ4n) is 1.46. The average Bonchev–Trinajstić information content (AvgIpc) is 2.76. The lowest BCUT2D eigenvalue weighted by atomic mass is 10.1. The molecule has 0 aliphatic heterocycles. The molecular weight excluding hydrogens is 289 g/mol. The summed E-state index contributed by atoms with van der Waals surface area (Å²) in [5.74, 6) is -0.274. The predicted molar refractivity (Wildman–Crippen MR) is 74.8 cm³/mol. The molecule has 1 heterocycles. The van der Waals surface area contributed by atoms with Crippen LogP contribution in [0.2, 0.25) is 0 Å². The van der Waals surface area contributed by atoms with Crippen LogP contribution in [0.3, 0.4) is 0 Å². The molecule has 2 aromatic rings. The Labute approximate surface area is 117 Å². The molecule has 96 valence electrons. The highest BCUT2D eigenvalue weighted by Crippen LogP contribution is 2.36. The number of hydrogen-bond acceptors (Lipinski definition) is 6. The molecule has 0 radical (unpaired) electrons. The van der Waals surface area contributed by atoms with Crippen LogP contribution in [0, 0.1) is 5.82 Å². The third-order valence-corrected chi connectivity index (χ3v) is 5.25. The Morgan fingerprint density at radius 1 is 1.33 bits per heavy atom. The summed E-state index contributed by atoms with van der Waals surface area (Å²) in [6, 6.07) is 4.62. The van der Waals surface area contributed by atoms with Crippen LogP contribution in [0.25, 0.3) is 0 Å². The molecule has 0 amide bonds. The number of aromatic nitrogens is 2. The van der Waals surface area contributed by atoms with E-state index in [9.17, 15) is 4.39 Å². The Bertz CT molecular complexity index is 542. The number of rotatable bonds is 4. The van der Waals surface area contributed by atoms with Gasteiger partial charge in [-0.15, -0.1) is 10.2 Å². The van der Waals surface area contributed by atoms with Crippen molar-refractivity contribution in [2.75, 3.05) is 6.26 Å². The molecule has 0 spiro atoms. The largest absolute Gasteiger partial charge is 0.324 e. The van der Waals surface area contributed by atoms with Crippen LogP contribution in [0.1, 0.15) is 18.5 Å². The summed E-state index contributed by atoms with van der Waals surface area (Å²) in [4.78, 5) is 0.800. The van der Waals surface area contributed by atoms with Crippen LogP contribution in [-0.2, 0) is 0 Å². The Kier molecular flexibility index (Phi) is 4.60. The second kappa shape index (κ2) is 6.01. The van der Waals surface area contributed by atoms with Crippen LogP contribution in [-0.4, -0.2) is 16.5 Å². The Hall–Kier alpha value is -0.630. The van der Waals surface area contributed by atoms with Crippen LogP contribution in [0.4, 0.5) is 4.39 Å². The van der Waals surface area contributed by atoms with Gasteiger partial charge in [0.05, 0.1) is 0 Å². The van der Waals surface area contributed by atoms with Gasteiger partial charge in [-0.05, 0) is 25.3 Å². The van der Waals surface area contributed by atoms with Gasteiger partial charge in [-0.1, -0.05) is 40.9 Å². The summed E-state index contributed by atoms with van der Waals surface area (Å²) in [5, 5.41) is 8.07. The van der Waals surface area contributed by atoms with E-state index in [1.54, 1.807) is 24.8 Å². The molecule has 2 rings (SSSR count). The van der Waals surface area contributed by atoms with Crippen molar-refractivity contribution >= 4 is 34.9 Å². The van der Waals surface area contributed by atoms with Crippen molar-refractivity contribution in [2.24, 2.45) is 5.73 Å². The van der Waals surface area contributed by atoms with E-state index in [0.29, 0.717) is 5.56 Å². The van der Waals surface area contributed by atoms with Gasteiger partial charge in [-0.3, -0.25) is 0 Å². The molecule has 3 nitrogen and oxygen atoms in total. The molecule has 18 heavy (non-hydrogen) atoms. The van der Waals surface area contributed by atoms with Crippen molar-refractivity contribution in [1.29, 1.82) is 0 Å². The minimum Gasteiger partial charge on any atom is -0.324 e. The molecular formula is C11H12FN3S3. The number of benzene rings is 1. The highest BCUT2D eigenvalue weighted by Gasteiger charge is 2.15. The summed E-state index contributed by atoms with van der Waals surface area (Å²) in [5.41, 5.74) is 6.34. The second-order valence-electron chi connectivity index (χ2n) is 3.58. The lowest BCUT2D eigenvalue weighted by Crippen LogP contribution is -2.08. The number of nitrogens with two attached hydrogens (primary N) is 1. The number of nitrogens with zero attached hydrogens (tertiary/aromatic N) is 2. The third-order valence-electron chi connectivity index (χ3n) is 2.23. The first-order valence-electron chi connectivity index (χ1n) is 5.21. The molecule has 1 atom stereocenters. The lowest BCUT2D eigenvalue weighted by Gasteiger charge is -2.11. The normalized spacial score (nSPS) is 12.7. The molecule has 0 aliphatic rings. The van der Waals surface area contributed by atoms with Crippen molar-refractivity contribution in [2.45, 2.75) is 26.5 Å². The first kappa shape index (κ1) is 13.8.